The van der Waals surface area contributed by atoms with E-state index in [9.17, 15) is 9.18 Å². The Bertz CT molecular complexity index is 653. The van der Waals surface area contributed by atoms with Crippen LogP contribution in [0.2, 0.25) is 5.02 Å². The van der Waals surface area contributed by atoms with Crippen LogP contribution in [0.15, 0.2) is 46.9 Å². The summed E-state index contributed by atoms with van der Waals surface area (Å²) < 4.78 is 14.4. The lowest BCUT2D eigenvalue weighted by atomic mass is 10.2. The van der Waals surface area contributed by atoms with E-state index in [1.165, 1.54) is 17.8 Å². The van der Waals surface area contributed by atoms with E-state index in [1.807, 2.05) is 24.3 Å². The summed E-state index contributed by atoms with van der Waals surface area (Å²) in [5.41, 5.74) is 1.26. The molecule has 0 saturated carbocycles. The number of anilines is 1. The molecule has 0 radical (unpaired) electrons. The van der Waals surface area contributed by atoms with Crippen molar-refractivity contribution in [2.24, 2.45) is 0 Å². The fourth-order valence-electron chi connectivity index (χ4n) is 1.64. The molecule has 0 aromatic heterocycles. The molecule has 0 aliphatic carbocycles. The number of thioether (sulfide) groups is 1. The highest BCUT2D eigenvalue weighted by molar-refractivity contribution is 9.10. The average molecular weight is 389 g/mol. The van der Waals surface area contributed by atoms with Crippen LogP contribution in [-0.2, 0) is 10.5 Å². The molecule has 2 rings (SSSR count). The molecule has 0 spiro atoms. The van der Waals surface area contributed by atoms with E-state index < -0.39 is 0 Å². The van der Waals surface area contributed by atoms with Crippen molar-refractivity contribution in [3.05, 3.63) is 63.3 Å². The number of amides is 1. The fourth-order valence-corrected chi connectivity index (χ4v) is 3.00. The van der Waals surface area contributed by atoms with Crippen LogP contribution in [0.4, 0.5) is 10.1 Å². The minimum Gasteiger partial charge on any atom is -0.324 e. The van der Waals surface area contributed by atoms with Gasteiger partial charge in [-0.25, -0.2) is 4.39 Å². The summed E-state index contributed by atoms with van der Waals surface area (Å²) in [4.78, 5) is 11.8. The molecule has 0 aliphatic heterocycles. The second kappa shape index (κ2) is 7.82. The van der Waals surface area contributed by atoms with E-state index in [2.05, 4.69) is 21.2 Å². The van der Waals surface area contributed by atoms with E-state index >= 15 is 0 Å². The van der Waals surface area contributed by atoms with Gasteiger partial charge in [0.15, 0.2) is 0 Å². The second-order valence-corrected chi connectivity index (χ2v) is 6.53. The van der Waals surface area contributed by atoms with Crippen molar-refractivity contribution in [2.45, 2.75) is 5.75 Å². The molecule has 2 aromatic rings. The first-order chi connectivity index (χ1) is 10.1. The Hall–Kier alpha value is -1.04. The topological polar surface area (TPSA) is 29.1 Å². The molecule has 1 amide bonds. The SMILES string of the molecule is O=C(CSCc1ccc(Cl)cc1F)Nc1ccccc1Br. The van der Waals surface area contributed by atoms with Crippen LogP contribution in [-0.4, -0.2) is 11.7 Å². The predicted molar refractivity (Wildman–Crippen MR) is 90.3 cm³/mol. The number of rotatable bonds is 5. The normalized spacial score (nSPS) is 10.4. The van der Waals surface area contributed by atoms with Gasteiger partial charge in [0.1, 0.15) is 5.82 Å². The Morgan fingerprint density at radius 3 is 2.76 bits per heavy atom. The fraction of sp³-hybridized carbons (Fsp3) is 0.133. The lowest BCUT2D eigenvalue weighted by molar-refractivity contribution is -0.113. The van der Waals surface area contributed by atoms with Gasteiger partial charge in [0, 0.05) is 15.2 Å². The molecule has 0 atom stereocenters. The number of para-hydroxylation sites is 1. The number of hydrogen-bond donors (Lipinski definition) is 1. The smallest absolute Gasteiger partial charge is 0.234 e. The van der Waals surface area contributed by atoms with Crippen LogP contribution in [0.5, 0.6) is 0 Å². The van der Waals surface area contributed by atoms with Crippen LogP contribution < -0.4 is 5.32 Å². The molecule has 6 heteroatoms. The van der Waals surface area contributed by atoms with Gasteiger partial charge in [0.2, 0.25) is 5.91 Å². The highest BCUT2D eigenvalue weighted by Crippen LogP contribution is 2.22. The Labute approximate surface area is 140 Å². The van der Waals surface area contributed by atoms with Gasteiger partial charge in [-0.2, -0.15) is 0 Å². The number of benzene rings is 2. The molecule has 0 fully saturated rings. The van der Waals surface area contributed by atoms with Crippen LogP contribution in [0, 0.1) is 5.82 Å². The quantitative estimate of drug-likeness (QED) is 0.771. The van der Waals surface area contributed by atoms with Crippen molar-refractivity contribution in [3.8, 4) is 0 Å². The maximum absolute atomic E-state index is 13.6. The molecule has 0 bridgehead atoms. The van der Waals surface area contributed by atoms with E-state index in [-0.39, 0.29) is 17.5 Å². The van der Waals surface area contributed by atoms with Crippen molar-refractivity contribution in [2.75, 3.05) is 11.1 Å². The summed E-state index contributed by atoms with van der Waals surface area (Å²) in [6.45, 7) is 0. The summed E-state index contributed by atoms with van der Waals surface area (Å²) in [7, 11) is 0. The van der Waals surface area contributed by atoms with Crippen LogP contribution in [0.3, 0.4) is 0 Å². The van der Waals surface area contributed by atoms with Gasteiger partial charge in [-0.05, 0) is 45.8 Å². The highest BCUT2D eigenvalue weighted by atomic mass is 79.9. The van der Waals surface area contributed by atoms with Crippen LogP contribution in [0.25, 0.3) is 0 Å². The van der Waals surface area contributed by atoms with Crippen molar-refractivity contribution < 1.29 is 9.18 Å². The van der Waals surface area contributed by atoms with Gasteiger partial charge in [-0.3, -0.25) is 4.79 Å². The van der Waals surface area contributed by atoms with Gasteiger partial charge in [-0.15, -0.1) is 11.8 Å². The van der Waals surface area contributed by atoms with E-state index in [0.717, 1.165) is 10.2 Å². The maximum atomic E-state index is 13.6. The molecule has 0 saturated heterocycles. The Morgan fingerprint density at radius 1 is 1.29 bits per heavy atom. The number of nitrogens with one attached hydrogen (secondary N) is 1. The van der Waals surface area contributed by atoms with Crippen molar-refractivity contribution in [3.63, 3.8) is 0 Å². The minimum absolute atomic E-state index is 0.124. The lowest BCUT2D eigenvalue weighted by Crippen LogP contribution is -2.14. The first kappa shape index (κ1) is 16.3. The molecular weight excluding hydrogens is 377 g/mol. The van der Waals surface area contributed by atoms with Crippen molar-refractivity contribution >= 4 is 50.9 Å². The molecule has 110 valence electrons. The Balaban J connectivity index is 1.83. The number of halogens is 3. The lowest BCUT2D eigenvalue weighted by Gasteiger charge is -2.07. The zero-order valence-electron chi connectivity index (χ0n) is 10.9. The summed E-state index contributed by atoms with van der Waals surface area (Å²) in [5.74, 6) is 0.206. The molecule has 0 unspecified atom stereocenters. The van der Waals surface area contributed by atoms with E-state index in [1.54, 1.807) is 12.1 Å². The third-order valence-corrected chi connectivity index (χ3v) is 4.56. The third-order valence-electron chi connectivity index (χ3n) is 2.65. The Kier molecular flexibility index (Phi) is 6.08. The molecule has 0 aliphatic rings. The molecule has 2 nitrogen and oxygen atoms in total. The summed E-state index contributed by atoms with van der Waals surface area (Å²) >= 11 is 10.4. The summed E-state index contributed by atoms with van der Waals surface area (Å²) in [6.07, 6.45) is 0. The largest absolute Gasteiger partial charge is 0.324 e. The minimum atomic E-state index is -0.346. The third kappa shape index (κ3) is 5.02. The van der Waals surface area contributed by atoms with Crippen LogP contribution in [0.1, 0.15) is 5.56 Å². The number of carbonyl (C=O) groups excluding carboxylic acids is 1. The summed E-state index contributed by atoms with van der Waals surface area (Å²) in [6, 6.07) is 11.9. The van der Waals surface area contributed by atoms with Gasteiger partial charge in [-0.1, -0.05) is 29.8 Å². The van der Waals surface area contributed by atoms with Gasteiger partial charge in [0.05, 0.1) is 11.4 Å². The van der Waals surface area contributed by atoms with Gasteiger partial charge < -0.3 is 5.32 Å². The first-order valence-electron chi connectivity index (χ1n) is 6.12. The molecule has 21 heavy (non-hydrogen) atoms. The standard InChI is InChI=1S/C15H12BrClFNOS/c16-12-3-1-2-4-14(12)19-15(20)9-21-8-10-5-6-11(17)7-13(10)18/h1-7H,8-9H2,(H,19,20). The molecule has 0 heterocycles. The van der Waals surface area contributed by atoms with E-state index in [0.29, 0.717) is 16.3 Å². The molecule has 1 N–H and O–H groups in total. The monoisotopic (exact) mass is 387 g/mol. The van der Waals surface area contributed by atoms with Crippen LogP contribution >= 0.6 is 39.3 Å². The Morgan fingerprint density at radius 2 is 2.05 bits per heavy atom. The van der Waals surface area contributed by atoms with E-state index in [4.69, 9.17) is 11.6 Å². The number of hydrogen-bond acceptors (Lipinski definition) is 2. The molecule has 2 aromatic carbocycles. The van der Waals surface area contributed by atoms with Gasteiger partial charge in [0.25, 0.3) is 0 Å². The first-order valence-corrected chi connectivity index (χ1v) is 8.45. The van der Waals surface area contributed by atoms with Crippen molar-refractivity contribution in [1.29, 1.82) is 0 Å². The molecular formula is C15H12BrClFNOS. The predicted octanol–water partition coefficient (Wildman–Crippen LogP) is 5.11. The van der Waals surface area contributed by atoms with Crippen molar-refractivity contribution in [1.82, 2.24) is 0 Å². The zero-order chi connectivity index (χ0) is 15.2. The second-order valence-electron chi connectivity index (χ2n) is 4.26. The maximum Gasteiger partial charge on any atom is 0.234 e. The number of carbonyl (C=O) groups is 1. The zero-order valence-corrected chi connectivity index (χ0v) is 14.1. The van der Waals surface area contributed by atoms with Gasteiger partial charge >= 0.3 is 0 Å². The average Bonchev–Trinajstić information content (AvgIpc) is 2.44. The summed E-state index contributed by atoms with van der Waals surface area (Å²) in [5, 5.41) is 3.17. The highest BCUT2D eigenvalue weighted by Gasteiger charge is 2.07.